The van der Waals surface area contributed by atoms with Gasteiger partial charge in [-0.2, -0.15) is 0 Å². The molecule has 0 rings (SSSR count). The average molecular weight is 299 g/mol. The van der Waals surface area contributed by atoms with Gasteiger partial charge in [-0.1, -0.05) is 31.9 Å². The van der Waals surface area contributed by atoms with Crippen LogP contribution in [0.4, 0.5) is 0 Å². The molecule has 0 amide bonds. The van der Waals surface area contributed by atoms with Gasteiger partial charge in [-0.05, 0) is 12.5 Å². The molecule has 0 aliphatic carbocycles. The molecule has 1 unspecified atom stereocenters. The minimum atomic E-state index is -1.50. The number of ether oxygens (including phenoxy) is 2. The minimum absolute atomic E-state index is 0.00238. The van der Waals surface area contributed by atoms with E-state index < -0.39 is 30.4 Å². The molecule has 0 aliphatic rings. The first-order valence-corrected chi connectivity index (χ1v) is 5.85. The quantitative estimate of drug-likeness (QED) is 0.365. The van der Waals surface area contributed by atoms with E-state index in [0.717, 1.165) is 0 Å². The van der Waals surface area contributed by atoms with E-state index in [1.165, 1.54) is 19.1 Å². The van der Waals surface area contributed by atoms with E-state index in [0.29, 0.717) is 0 Å². The molecule has 0 aliphatic heterocycles. The van der Waals surface area contributed by atoms with Gasteiger partial charge in [0.05, 0.1) is 12.4 Å². The van der Waals surface area contributed by atoms with Crippen molar-refractivity contribution in [2.24, 2.45) is 0 Å². The first-order chi connectivity index (χ1) is 9.76. The number of hydrogen-bond donors (Lipinski definition) is 1. The lowest BCUT2D eigenvalue weighted by Gasteiger charge is -2.08. The molecule has 7 nitrogen and oxygen atoms in total. The summed E-state index contributed by atoms with van der Waals surface area (Å²) in [5.74, 6) is -2.74. The Bertz CT molecular complexity index is 386. The van der Waals surface area contributed by atoms with Crippen LogP contribution in [0.3, 0.4) is 0 Å². The monoisotopic (exact) mass is 299 g/mol. The summed E-state index contributed by atoms with van der Waals surface area (Å²) in [5.41, 5.74) is 0.0648. The summed E-state index contributed by atoms with van der Waals surface area (Å²) in [6, 6.07) is 0. The normalized spacial score (nSPS) is 10.2. The molecule has 0 aromatic heterocycles. The topological polar surface area (TPSA) is 113 Å². The standard InChI is InChI=1S/C10H14O5.C4H6O2/c1-3-5-14-9(12)7-8(11)10(13)15-6-4-2;1-3(2)4(5)6/h3-4,8,11H,1-2,5-7H2;1H2,2H3,(H,5,6)/p-1. The van der Waals surface area contributed by atoms with Crippen LogP contribution in [-0.2, 0) is 23.9 Å². The van der Waals surface area contributed by atoms with Gasteiger partial charge in [0.1, 0.15) is 13.2 Å². The van der Waals surface area contributed by atoms with Gasteiger partial charge in [0.15, 0.2) is 6.10 Å². The van der Waals surface area contributed by atoms with E-state index in [-0.39, 0.29) is 18.8 Å². The maximum Gasteiger partial charge on any atom is 0.335 e. The van der Waals surface area contributed by atoms with Gasteiger partial charge < -0.3 is 24.5 Å². The van der Waals surface area contributed by atoms with Crippen molar-refractivity contribution in [1.82, 2.24) is 0 Å². The van der Waals surface area contributed by atoms with Gasteiger partial charge in [0.25, 0.3) is 0 Å². The Balaban J connectivity index is 0. The number of aliphatic carboxylic acids is 1. The molecule has 1 N–H and O–H groups in total. The van der Waals surface area contributed by atoms with Crippen LogP contribution in [-0.4, -0.2) is 42.3 Å². The highest BCUT2D eigenvalue weighted by molar-refractivity contribution is 5.83. The summed E-state index contributed by atoms with van der Waals surface area (Å²) in [7, 11) is 0. The van der Waals surface area contributed by atoms with Crippen molar-refractivity contribution in [3.63, 3.8) is 0 Å². The van der Waals surface area contributed by atoms with Crippen LogP contribution in [0, 0.1) is 0 Å². The second-order valence-corrected chi connectivity index (χ2v) is 3.68. The second-order valence-electron chi connectivity index (χ2n) is 3.68. The van der Waals surface area contributed by atoms with Crippen molar-refractivity contribution in [2.45, 2.75) is 19.4 Å². The Kier molecular flexibility index (Phi) is 12.6. The van der Waals surface area contributed by atoms with Gasteiger partial charge in [-0.25, -0.2) is 4.79 Å². The summed E-state index contributed by atoms with van der Waals surface area (Å²) in [5, 5.41) is 18.7. The molecule has 21 heavy (non-hydrogen) atoms. The Morgan fingerprint density at radius 2 is 1.62 bits per heavy atom. The number of carboxylic acid groups (broad SMARTS) is 1. The zero-order valence-corrected chi connectivity index (χ0v) is 11.9. The molecule has 7 heteroatoms. The number of esters is 2. The third kappa shape index (κ3) is 13.8. The predicted molar refractivity (Wildman–Crippen MR) is 72.8 cm³/mol. The molecular formula is C14H19O7-. The third-order valence-electron chi connectivity index (χ3n) is 1.69. The largest absolute Gasteiger partial charge is 0.545 e. The van der Waals surface area contributed by atoms with Crippen molar-refractivity contribution in [2.75, 3.05) is 13.2 Å². The number of hydrogen-bond acceptors (Lipinski definition) is 7. The van der Waals surface area contributed by atoms with Crippen molar-refractivity contribution >= 4 is 17.9 Å². The number of aliphatic hydroxyl groups is 1. The summed E-state index contributed by atoms with van der Waals surface area (Å²) >= 11 is 0. The van der Waals surface area contributed by atoms with Crippen LogP contribution >= 0.6 is 0 Å². The zero-order chi connectivity index (χ0) is 16.8. The fourth-order valence-corrected chi connectivity index (χ4v) is 0.689. The van der Waals surface area contributed by atoms with Gasteiger partial charge >= 0.3 is 11.9 Å². The van der Waals surface area contributed by atoms with Crippen LogP contribution in [0.1, 0.15) is 13.3 Å². The van der Waals surface area contributed by atoms with E-state index in [4.69, 9.17) is 0 Å². The van der Waals surface area contributed by atoms with E-state index in [1.54, 1.807) is 0 Å². The molecule has 0 aromatic carbocycles. The number of aliphatic hydroxyl groups excluding tert-OH is 1. The van der Waals surface area contributed by atoms with Crippen LogP contribution in [0.2, 0.25) is 0 Å². The summed E-state index contributed by atoms with van der Waals surface area (Å²) in [6.45, 7) is 11.2. The molecule has 118 valence electrons. The van der Waals surface area contributed by atoms with Crippen LogP contribution < -0.4 is 5.11 Å². The van der Waals surface area contributed by atoms with Crippen molar-refractivity contribution in [3.05, 3.63) is 37.5 Å². The first-order valence-electron chi connectivity index (χ1n) is 5.85. The fourth-order valence-electron chi connectivity index (χ4n) is 0.689. The Morgan fingerprint density at radius 3 is 2.00 bits per heavy atom. The highest BCUT2D eigenvalue weighted by Gasteiger charge is 2.20. The Morgan fingerprint density at radius 1 is 1.19 bits per heavy atom. The number of carboxylic acids is 1. The van der Waals surface area contributed by atoms with Crippen molar-refractivity contribution in [3.8, 4) is 0 Å². The fraction of sp³-hybridized carbons (Fsp3) is 0.357. The van der Waals surface area contributed by atoms with Crippen molar-refractivity contribution in [1.29, 1.82) is 0 Å². The molecule has 0 radical (unpaired) electrons. The summed E-state index contributed by atoms with van der Waals surface area (Å²) in [4.78, 5) is 31.4. The minimum Gasteiger partial charge on any atom is -0.545 e. The Labute approximate surface area is 123 Å². The SMILES string of the molecule is C=C(C)C(=O)[O-].C=CCOC(=O)CC(O)C(=O)OCC=C. The van der Waals surface area contributed by atoms with Crippen LogP contribution in [0.15, 0.2) is 37.5 Å². The van der Waals surface area contributed by atoms with Gasteiger partial charge in [-0.3, -0.25) is 4.79 Å². The van der Waals surface area contributed by atoms with Gasteiger partial charge in [-0.15, -0.1) is 0 Å². The smallest absolute Gasteiger partial charge is 0.335 e. The van der Waals surface area contributed by atoms with E-state index in [1.807, 2.05) is 0 Å². The number of rotatable bonds is 8. The molecule has 0 spiro atoms. The summed E-state index contributed by atoms with van der Waals surface area (Å²) < 4.78 is 9.09. The van der Waals surface area contributed by atoms with Crippen LogP contribution in [0.5, 0.6) is 0 Å². The van der Waals surface area contributed by atoms with E-state index in [9.17, 15) is 24.6 Å². The molecule has 1 atom stereocenters. The molecule has 0 bridgehead atoms. The highest BCUT2D eigenvalue weighted by atomic mass is 16.6. The molecule has 0 saturated heterocycles. The molecule has 0 heterocycles. The lowest BCUT2D eigenvalue weighted by molar-refractivity contribution is -0.299. The lowest BCUT2D eigenvalue weighted by Crippen LogP contribution is -2.26. The maximum absolute atomic E-state index is 11.0. The second kappa shape index (κ2) is 12.6. The Hall–Kier alpha value is -2.41. The lowest BCUT2D eigenvalue weighted by atomic mass is 10.2. The first kappa shape index (κ1) is 20.9. The van der Waals surface area contributed by atoms with Crippen molar-refractivity contribution < 1.29 is 34.1 Å². The maximum atomic E-state index is 11.0. The van der Waals surface area contributed by atoms with Gasteiger partial charge in [0, 0.05) is 0 Å². The van der Waals surface area contributed by atoms with Crippen LogP contribution in [0.25, 0.3) is 0 Å². The number of carbonyl (C=O) groups is 3. The van der Waals surface area contributed by atoms with Gasteiger partial charge in [0.2, 0.25) is 0 Å². The third-order valence-corrected chi connectivity index (χ3v) is 1.69. The molecule has 0 fully saturated rings. The summed E-state index contributed by atoms with van der Waals surface area (Å²) in [6.07, 6.45) is 0.826. The average Bonchev–Trinajstić information content (AvgIpc) is 2.42. The molecule has 0 saturated carbocycles. The predicted octanol–water partition coefficient (Wildman–Crippen LogP) is -0.492. The number of carbonyl (C=O) groups excluding carboxylic acids is 3. The van der Waals surface area contributed by atoms with E-state index in [2.05, 4.69) is 29.2 Å². The highest BCUT2D eigenvalue weighted by Crippen LogP contribution is 1.98. The van der Waals surface area contributed by atoms with E-state index >= 15 is 0 Å². The zero-order valence-electron chi connectivity index (χ0n) is 11.9. The molecular weight excluding hydrogens is 280 g/mol. The molecule has 0 aromatic rings.